The van der Waals surface area contributed by atoms with Gasteiger partial charge in [-0.1, -0.05) is 11.3 Å². The van der Waals surface area contributed by atoms with E-state index < -0.39 is 15.9 Å². The van der Waals surface area contributed by atoms with Gasteiger partial charge in [0, 0.05) is 0 Å². The lowest BCUT2D eigenvalue weighted by atomic mass is 10.3. The predicted molar refractivity (Wildman–Crippen MR) is 85.9 cm³/mol. The maximum atomic E-state index is 11.1. The van der Waals surface area contributed by atoms with E-state index >= 15 is 0 Å². The number of nitrogens with one attached hydrogen (secondary N) is 1. The number of carbonyl (C=O) groups is 1. The number of amides is 2. The van der Waals surface area contributed by atoms with Gasteiger partial charge in [0.05, 0.1) is 25.3 Å². The predicted octanol–water partition coefficient (Wildman–Crippen LogP) is 2.69. The van der Waals surface area contributed by atoms with Crippen LogP contribution in [0, 0.1) is 20.2 Å². The first kappa shape index (κ1) is 16.5. The molecule has 0 aliphatic heterocycles. The smallest absolute Gasteiger partial charge is 0.332 e. The molecular weight excluding hydrogens is 346 g/mol. The molecule has 0 fully saturated rings. The standard InChI is InChI=1S/C11H9N5O5S2/c1-5(13-14-11(12)17)7-2-3-8(22-7)10-6(15(18)19)4-9(23-10)16(20)21/h2-4H,1H3,(H3,12,14,17)/b13-5-. The van der Waals surface area contributed by atoms with Crippen LogP contribution in [0.15, 0.2) is 23.3 Å². The number of hydrogen-bond donors (Lipinski definition) is 2. The van der Waals surface area contributed by atoms with Gasteiger partial charge in [-0.25, -0.2) is 10.2 Å². The lowest BCUT2D eigenvalue weighted by molar-refractivity contribution is -0.389. The first-order chi connectivity index (χ1) is 10.8. The van der Waals surface area contributed by atoms with Crippen LogP contribution in [0.4, 0.5) is 15.5 Å². The fourth-order valence-corrected chi connectivity index (χ4v) is 3.63. The van der Waals surface area contributed by atoms with E-state index in [4.69, 9.17) is 5.73 Å². The van der Waals surface area contributed by atoms with Crippen molar-refractivity contribution in [2.75, 3.05) is 0 Å². The van der Waals surface area contributed by atoms with Crippen molar-refractivity contribution in [1.29, 1.82) is 0 Å². The third-order valence-corrected chi connectivity index (χ3v) is 5.05. The summed E-state index contributed by atoms with van der Waals surface area (Å²) >= 11 is 1.90. The number of nitrogens with zero attached hydrogens (tertiary/aromatic N) is 3. The van der Waals surface area contributed by atoms with Crippen LogP contribution in [0.5, 0.6) is 0 Å². The molecule has 0 unspecified atom stereocenters. The molecule has 120 valence electrons. The number of urea groups is 1. The average Bonchev–Trinajstić information content (AvgIpc) is 3.10. The van der Waals surface area contributed by atoms with Gasteiger partial charge in [0.15, 0.2) is 0 Å². The summed E-state index contributed by atoms with van der Waals surface area (Å²) in [5.41, 5.74) is 7.12. The second-order valence-corrected chi connectivity index (χ2v) is 6.26. The molecule has 0 bridgehead atoms. The van der Waals surface area contributed by atoms with Gasteiger partial charge in [-0.2, -0.15) is 5.10 Å². The second-order valence-electron chi connectivity index (χ2n) is 4.15. The van der Waals surface area contributed by atoms with Crippen LogP contribution in [0.25, 0.3) is 9.75 Å². The Kier molecular flexibility index (Phi) is 4.66. The third-order valence-electron chi connectivity index (χ3n) is 2.60. The van der Waals surface area contributed by atoms with Crippen molar-refractivity contribution in [2.24, 2.45) is 10.8 Å². The minimum Gasteiger partial charge on any atom is -0.350 e. The lowest BCUT2D eigenvalue weighted by Crippen LogP contribution is -2.25. The van der Waals surface area contributed by atoms with E-state index in [1.165, 1.54) is 0 Å². The molecule has 0 saturated carbocycles. The Hall–Kier alpha value is -2.86. The van der Waals surface area contributed by atoms with E-state index in [0.29, 0.717) is 15.5 Å². The number of nitro groups is 2. The molecule has 0 atom stereocenters. The average molecular weight is 355 g/mol. The summed E-state index contributed by atoms with van der Waals surface area (Å²) in [6.45, 7) is 1.62. The molecule has 12 heteroatoms. The highest BCUT2D eigenvalue weighted by atomic mass is 32.1. The van der Waals surface area contributed by atoms with E-state index in [9.17, 15) is 25.0 Å². The van der Waals surface area contributed by atoms with E-state index in [0.717, 1.165) is 28.7 Å². The minimum absolute atomic E-state index is 0.202. The fraction of sp³-hybridized carbons (Fsp3) is 0.0909. The van der Waals surface area contributed by atoms with Gasteiger partial charge in [-0.15, -0.1) is 11.3 Å². The second kappa shape index (κ2) is 6.50. The molecular formula is C11H9N5O5S2. The Labute approximate surface area is 136 Å². The Morgan fingerprint density at radius 1 is 1.26 bits per heavy atom. The van der Waals surface area contributed by atoms with Crippen molar-refractivity contribution in [3.8, 4) is 9.75 Å². The Bertz CT molecular complexity index is 825. The summed E-state index contributed by atoms with van der Waals surface area (Å²) in [4.78, 5) is 32.5. The minimum atomic E-state index is -0.814. The Balaban J connectivity index is 2.40. The molecule has 10 nitrogen and oxygen atoms in total. The summed E-state index contributed by atoms with van der Waals surface area (Å²) in [5.74, 6) is 0. The zero-order chi connectivity index (χ0) is 17.1. The van der Waals surface area contributed by atoms with Gasteiger partial charge in [0.2, 0.25) is 0 Å². The molecule has 0 spiro atoms. The molecule has 2 amide bonds. The maximum absolute atomic E-state index is 11.1. The number of carbonyl (C=O) groups excluding carboxylic acids is 1. The van der Waals surface area contributed by atoms with Crippen LogP contribution >= 0.6 is 22.7 Å². The van der Waals surface area contributed by atoms with Gasteiger partial charge < -0.3 is 5.73 Å². The van der Waals surface area contributed by atoms with Gasteiger partial charge >= 0.3 is 11.0 Å². The molecule has 23 heavy (non-hydrogen) atoms. The highest BCUT2D eigenvalue weighted by Gasteiger charge is 2.27. The number of primary amides is 1. The van der Waals surface area contributed by atoms with Crippen molar-refractivity contribution >= 4 is 45.1 Å². The zero-order valence-electron chi connectivity index (χ0n) is 11.5. The van der Waals surface area contributed by atoms with Crippen molar-refractivity contribution in [2.45, 2.75) is 6.92 Å². The number of thiophene rings is 2. The topological polar surface area (TPSA) is 154 Å². The molecule has 0 radical (unpaired) electrons. The zero-order valence-corrected chi connectivity index (χ0v) is 13.1. The van der Waals surface area contributed by atoms with Crippen molar-refractivity contribution in [3.05, 3.63) is 43.3 Å². The van der Waals surface area contributed by atoms with Gasteiger partial charge in [0.25, 0.3) is 5.69 Å². The summed E-state index contributed by atoms with van der Waals surface area (Å²) in [6.07, 6.45) is 0. The van der Waals surface area contributed by atoms with E-state index in [1.807, 2.05) is 0 Å². The monoisotopic (exact) mass is 355 g/mol. The van der Waals surface area contributed by atoms with Crippen LogP contribution in [0.3, 0.4) is 0 Å². The summed E-state index contributed by atoms with van der Waals surface area (Å²) in [6, 6.07) is 3.38. The molecule has 0 aliphatic carbocycles. The third kappa shape index (κ3) is 3.67. The van der Waals surface area contributed by atoms with Gasteiger partial charge in [-0.05, 0) is 19.1 Å². The molecule has 2 aromatic rings. The molecule has 3 N–H and O–H groups in total. The number of nitrogens with two attached hydrogens (primary N) is 1. The summed E-state index contributed by atoms with van der Waals surface area (Å²) in [5, 5.41) is 25.3. The first-order valence-electron chi connectivity index (χ1n) is 5.92. The van der Waals surface area contributed by atoms with Crippen LogP contribution in [0.2, 0.25) is 0 Å². The molecule has 2 rings (SSSR count). The quantitative estimate of drug-likeness (QED) is 0.479. The highest BCUT2D eigenvalue weighted by Crippen LogP contribution is 2.44. The number of hydrazone groups is 1. The van der Waals surface area contributed by atoms with E-state index in [-0.39, 0.29) is 15.6 Å². The largest absolute Gasteiger partial charge is 0.350 e. The number of rotatable bonds is 5. The Morgan fingerprint density at radius 3 is 2.52 bits per heavy atom. The highest BCUT2D eigenvalue weighted by molar-refractivity contribution is 7.25. The molecule has 0 saturated heterocycles. The summed E-state index contributed by atoms with van der Waals surface area (Å²) < 4.78 is 0. The first-order valence-corrected chi connectivity index (χ1v) is 7.56. The van der Waals surface area contributed by atoms with Crippen LogP contribution in [0.1, 0.15) is 11.8 Å². The molecule has 0 aromatic carbocycles. The molecule has 2 heterocycles. The van der Waals surface area contributed by atoms with Crippen molar-refractivity contribution in [1.82, 2.24) is 5.43 Å². The SMILES string of the molecule is C/C(=N/NC(N)=O)c1ccc(-c2sc([N+](=O)[O-])cc2[N+](=O)[O-])s1. The van der Waals surface area contributed by atoms with Crippen LogP contribution in [-0.2, 0) is 0 Å². The van der Waals surface area contributed by atoms with Crippen molar-refractivity contribution < 1.29 is 14.6 Å². The van der Waals surface area contributed by atoms with Crippen LogP contribution in [-0.4, -0.2) is 21.6 Å². The normalized spacial score (nSPS) is 11.3. The van der Waals surface area contributed by atoms with E-state index in [2.05, 4.69) is 10.5 Å². The van der Waals surface area contributed by atoms with Gasteiger partial charge in [-0.3, -0.25) is 20.2 Å². The van der Waals surface area contributed by atoms with Gasteiger partial charge in [0.1, 0.15) is 10.9 Å². The lowest BCUT2D eigenvalue weighted by Gasteiger charge is -1.96. The Morgan fingerprint density at radius 2 is 1.96 bits per heavy atom. The fourth-order valence-electron chi connectivity index (χ4n) is 1.62. The van der Waals surface area contributed by atoms with E-state index in [1.54, 1.807) is 19.1 Å². The summed E-state index contributed by atoms with van der Waals surface area (Å²) in [7, 11) is 0. The molecule has 2 aromatic heterocycles. The van der Waals surface area contributed by atoms with Crippen molar-refractivity contribution in [3.63, 3.8) is 0 Å². The molecule has 0 aliphatic rings. The van der Waals surface area contributed by atoms with Crippen LogP contribution < -0.4 is 11.2 Å². The number of hydrogen-bond acceptors (Lipinski definition) is 8. The maximum Gasteiger partial charge on any atom is 0.332 e.